The number of piperidine rings is 1. The lowest BCUT2D eigenvalue weighted by Crippen LogP contribution is -2.48. The fourth-order valence-corrected chi connectivity index (χ4v) is 3.12. The molecule has 1 aromatic carbocycles. The van der Waals surface area contributed by atoms with Gasteiger partial charge in [-0.25, -0.2) is 0 Å². The summed E-state index contributed by atoms with van der Waals surface area (Å²) in [7, 11) is 6.44. The third kappa shape index (κ3) is 5.12. The van der Waals surface area contributed by atoms with E-state index in [0.717, 1.165) is 12.8 Å². The van der Waals surface area contributed by atoms with Gasteiger partial charge in [-0.1, -0.05) is 0 Å². The van der Waals surface area contributed by atoms with E-state index in [1.165, 1.54) is 14.2 Å². The second-order valence-electron chi connectivity index (χ2n) is 6.66. The Morgan fingerprint density at radius 1 is 1.19 bits per heavy atom. The molecular weight excluding hydrogens is 350 g/mol. The van der Waals surface area contributed by atoms with Crippen molar-refractivity contribution in [3.63, 3.8) is 0 Å². The number of benzene rings is 1. The summed E-state index contributed by atoms with van der Waals surface area (Å²) in [6, 6.07) is 4.80. The van der Waals surface area contributed by atoms with Crippen LogP contribution in [0.1, 0.15) is 23.2 Å². The summed E-state index contributed by atoms with van der Waals surface area (Å²) in [5, 5.41) is 2.63. The number of carbonyl (C=O) groups is 3. The van der Waals surface area contributed by atoms with Crippen LogP contribution in [0.2, 0.25) is 0 Å². The van der Waals surface area contributed by atoms with Crippen molar-refractivity contribution < 1.29 is 23.9 Å². The first kappa shape index (κ1) is 20.5. The van der Waals surface area contributed by atoms with Crippen LogP contribution < -0.4 is 14.8 Å². The van der Waals surface area contributed by atoms with E-state index in [-0.39, 0.29) is 30.2 Å². The average Bonchev–Trinajstić information content (AvgIpc) is 2.70. The molecule has 1 N–H and O–H groups in total. The minimum atomic E-state index is -0.373. The average molecular weight is 377 g/mol. The van der Waals surface area contributed by atoms with Gasteiger partial charge in [0.2, 0.25) is 11.8 Å². The molecule has 3 amide bonds. The first-order valence-corrected chi connectivity index (χ1v) is 8.86. The summed E-state index contributed by atoms with van der Waals surface area (Å²) in [6.07, 6.45) is 1.55. The number of hydrogen-bond donors (Lipinski definition) is 1. The molecule has 0 spiro atoms. The molecule has 148 valence electrons. The van der Waals surface area contributed by atoms with E-state index in [1.54, 1.807) is 42.1 Å². The number of methoxy groups -OCH3 is 2. The van der Waals surface area contributed by atoms with Crippen molar-refractivity contribution >= 4 is 17.7 Å². The van der Waals surface area contributed by atoms with E-state index in [4.69, 9.17) is 9.47 Å². The standard InChI is InChI=1S/C19H27N3O5/c1-21(2)19(25)14-6-5-9-22(12-14)17(23)11-20-18(24)13-7-8-15(26-3)16(10-13)27-4/h7-8,10,14H,5-6,9,11-12H2,1-4H3,(H,20,24). The Morgan fingerprint density at radius 3 is 2.52 bits per heavy atom. The molecule has 0 aromatic heterocycles. The Morgan fingerprint density at radius 2 is 1.89 bits per heavy atom. The van der Waals surface area contributed by atoms with Gasteiger partial charge in [0.05, 0.1) is 26.7 Å². The molecule has 1 atom stereocenters. The van der Waals surface area contributed by atoms with Crippen LogP contribution in [-0.2, 0) is 9.59 Å². The molecule has 2 rings (SSSR count). The molecule has 8 nitrogen and oxygen atoms in total. The van der Waals surface area contributed by atoms with Gasteiger partial charge in [0.25, 0.3) is 5.91 Å². The molecule has 0 saturated carbocycles. The van der Waals surface area contributed by atoms with E-state index in [0.29, 0.717) is 30.2 Å². The van der Waals surface area contributed by atoms with Crippen LogP contribution in [0.3, 0.4) is 0 Å². The minimum absolute atomic E-state index is 0.0295. The van der Waals surface area contributed by atoms with Crippen molar-refractivity contribution in [3.05, 3.63) is 23.8 Å². The summed E-state index contributed by atoms with van der Waals surface area (Å²) in [6.45, 7) is 0.875. The molecule has 1 fully saturated rings. The molecule has 1 aliphatic heterocycles. The number of nitrogens with one attached hydrogen (secondary N) is 1. The lowest BCUT2D eigenvalue weighted by Gasteiger charge is -2.33. The molecule has 0 bridgehead atoms. The molecule has 0 aliphatic carbocycles. The van der Waals surface area contributed by atoms with Gasteiger partial charge in [-0.3, -0.25) is 14.4 Å². The van der Waals surface area contributed by atoms with Crippen LogP contribution in [0.4, 0.5) is 0 Å². The summed E-state index contributed by atoms with van der Waals surface area (Å²) in [5.74, 6) is 0.246. The fourth-order valence-electron chi connectivity index (χ4n) is 3.12. The third-order valence-electron chi connectivity index (χ3n) is 4.61. The van der Waals surface area contributed by atoms with Crippen molar-refractivity contribution in [3.8, 4) is 11.5 Å². The molecule has 1 aromatic rings. The van der Waals surface area contributed by atoms with Gasteiger partial charge in [-0.15, -0.1) is 0 Å². The van der Waals surface area contributed by atoms with E-state index < -0.39 is 0 Å². The van der Waals surface area contributed by atoms with Gasteiger partial charge in [0, 0.05) is 32.7 Å². The van der Waals surface area contributed by atoms with Crippen LogP contribution in [0.15, 0.2) is 18.2 Å². The number of carbonyl (C=O) groups excluding carboxylic acids is 3. The van der Waals surface area contributed by atoms with Crippen LogP contribution in [-0.4, -0.2) is 75.5 Å². The van der Waals surface area contributed by atoms with Crippen LogP contribution in [0, 0.1) is 5.92 Å². The van der Waals surface area contributed by atoms with E-state index in [1.807, 2.05) is 0 Å². The topological polar surface area (TPSA) is 88.2 Å². The summed E-state index contributed by atoms with van der Waals surface area (Å²) >= 11 is 0. The van der Waals surface area contributed by atoms with Crippen LogP contribution in [0.5, 0.6) is 11.5 Å². The maximum atomic E-state index is 12.4. The highest BCUT2D eigenvalue weighted by Gasteiger charge is 2.29. The molecule has 1 aliphatic rings. The first-order chi connectivity index (χ1) is 12.9. The summed E-state index contributed by atoms with van der Waals surface area (Å²) in [4.78, 5) is 40.1. The van der Waals surface area contributed by atoms with E-state index in [9.17, 15) is 14.4 Å². The smallest absolute Gasteiger partial charge is 0.251 e. The van der Waals surface area contributed by atoms with E-state index in [2.05, 4.69) is 5.32 Å². The first-order valence-electron chi connectivity index (χ1n) is 8.86. The summed E-state index contributed by atoms with van der Waals surface area (Å²) < 4.78 is 10.3. The highest BCUT2D eigenvalue weighted by atomic mass is 16.5. The maximum absolute atomic E-state index is 12.4. The van der Waals surface area contributed by atoms with E-state index >= 15 is 0 Å². The zero-order chi connectivity index (χ0) is 20.0. The Kier molecular flexibility index (Phi) is 7.04. The Bertz CT molecular complexity index is 705. The zero-order valence-corrected chi connectivity index (χ0v) is 16.3. The normalized spacial score (nSPS) is 16.4. The molecule has 27 heavy (non-hydrogen) atoms. The molecule has 0 radical (unpaired) electrons. The SMILES string of the molecule is COc1ccc(C(=O)NCC(=O)N2CCCC(C(=O)N(C)C)C2)cc1OC. The predicted molar refractivity (Wildman–Crippen MR) is 99.9 cm³/mol. The Balaban J connectivity index is 1.93. The van der Waals surface area contributed by atoms with Crippen LogP contribution in [0.25, 0.3) is 0 Å². The van der Waals surface area contributed by atoms with Gasteiger partial charge in [0.15, 0.2) is 11.5 Å². The van der Waals surface area contributed by atoms with Crippen molar-refractivity contribution in [2.45, 2.75) is 12.8 Å². The van der Waals surface area contributed by atoms with Crippen molar-refractivity contribution in [1.82, 2.24) is 15.1 Å². The van der Waals surface area contributed by atoms with Gasteiger partial charge in [-0.2, -0.15) is 0 Å². The molecule has 1 heterocycles. The van der Waals surface area contributed by atoms with Gasteiger partial charge >= 0.3 is 0 Å². The molecule has 8 heteroatoms. The number of likely N-dealkylation sites (tertiary alicyclic amines) is 1. The Hall–Kier alpha value is -2.77. The highest BCUT2D eigenvalue weighted by Crippen LogP contribution is 2.27. The molecular formula is C19H27N3O5. The van der Waals surface area contributed by atoms with Crippen molar-refractivity contribution in [1.29, 1.82) is 0 Å². The lowest BCUT2D eigenvalue weighted by atomic mass is 9.96. The monoisotopic (exact) mass is 377 g/mol. The van der Waals surface area contributed by atoms with Crippen LogP contribution >= 0.6 is 0 Å². The summed E-state index contributed by atoms with van der Waals surface area (Å²) in [5.41, 5.74) is 0.375. The third-order valence-corrected chi connectivity index (χ3v) is 4.61. The molecule has 1 saturated heterocycles. The van der Waals surface area contributed by atoms with Crippen molar-refractivity contribution in [2.75, 3.05) is 47.9 Å². The largest absolute Gasteiger partial charge is 0.493 e. The second kappa shape index (κ2) is 9.25. The Labute approximate surface area is 159 Å². The number of ether oxygens (including phenoxy) is 2. The fraction of sp³-hybridized carbons (Fsp3) is 0.526. The minimum Gasteiger partial charge on any atom is -0.493 e. The second-order valence-corrected chi connectivity index (χ2v) is 6.66. The van der Waals surface area contributed by atoms with Gasteiger partial charge < -0.3 is 24.6 Å². The number of nitrogens with zero attached hydrogens (tertiary/aromatic N) is 2. The highest BCUT2D eigenvalue weighted by molar-refractivity contribution is 5.97. The predicted octanol–water partition coefficient (Wildman–Crippen LogP) is 0.760. The maximum Gasteiger partial charge on any atom is 0.251 e. The zero-order valence-electron chi connectivity index (χ0n) is 16.3. The lowest BCUT2D eigenvalue weighted by molar-refractivity contribution is -0.138. The number of hydrogen-bond acceptors (Lipinski definition) is 5. The van der Waals surface area contributed by atoms with Crippen molar-refractivity contribution in [2.24, 2.45) is 5.92 Å². The number of rotatable bonds is 6. The van der Waals surface area contributed by atoms with Gasteiger partial charge in [-0.05, 0) is 31.0 Å². The molecule has 1 unspecified atom stereocenters. The van der Waals surface area contributed by atoms with Gasteiger partial charge in [0.1, 0.15) is 0 Å². The number of amides is 3. The quantitative estimate of drug-likeness (QED) is 0.791.